The lowest BCUT2D eigenvalue weighted by molar-refractivity contribution is 0.0696. The van der Waals surface area contributed by atoms with Crippen LogP contribution in [-0.2, 0) is 0 Å². The summed E-state index contributed by atoms with van der Waals surface area (Å²) in [6.45, 7) is 0. The molecular formula is C13H9F2N3O3. The molecule has 0 aliphatic heterocycles. The van der Waals surface area contributed by atoms with Crippen LogP contribution in [0.3, 0.4) is 0 Å². The molecule has 21 heavy (non-hydrogen) atoms. The van der Waals surface area contributed by atoms with Crippen LogP contribution in [0.2, 0.25) is 0 Å². The smallest absolute Gasteiger partial charge is 0.337 e. The molecule has 0 aliphatic rings. The minimum absolute atomic E-state index is 0.110. The number of rotatable bonds is 3. The van der Waals surface area contributed by atoms with E-state index in [0.717, 1.165) is 18.3 Å². The van der Waals surface area contributed by atoms with Crippen molar-refractivity contribution in [2.75, 3.05) is 10.6 Å². The van der Waals surface area contributed by atoms with E-state index < -0.39 is 23.6 Å². The van der Waals surface area contributed by atoms with Crippen molar-refractivity contribution < 1.29 is 23.5 Å². The van der Waals surface area contributed by atoms with E-state index in [9.17, 15) is 18.4 Å². The number of hydrogen-bond donors (Lipinski definition) is 3. The summed E-state index contributed by atoms with van der Waals surface area (Å²) in [6.07, 6.45) is 2.35. The Kier molecular flexibility index (Phi) is 4.07. The number of amides is 2. The maximum Gasteiger partial charge on any atom is 0.337 e. The largest absolute Gasteiger partial charge is 0.478 e. The lowest BCUT2D eigenvalue weighted by atomic mass is 10.2. The molecule has 0 spiro atoms. The Bertz CT molecular complexity index is 707. The van der Waals surface area contributed by atoms with Crippen molar-refractivity contribution in [1.82, 2.24) is 4.98 Å². The van der Waals surface area contributed by atoms with Crippen molar-refractivity contribution in [2.45, 2.75) is 0 Å². The van der Waals surface area contributed by atoms with Gasteiger partial charge in [-0.1, -0.05) is 0 Å². The molecule has 2 rings (SSSR count). The number of aromatic nitrogens is 1. The molecule has 0 unspecified atom stereocenters. The topological polar surface area (TPSA) is 91.3 Å². The highest BCUT2D eigenvalue weighted by Crippen LogP contribution is 2.15. The number of urea groups is 1. The Hall–Kier alpha value is -3.03. The summed E-state index contributed by atoms with van der Waals surface area (Å²) in [6, 6.07) is 3.06. The van der Waals surface area contributed by atoms with Gasteiger partial charge in [-0.3, -0.25) is 4.98 Å². The summed E-state index contributed by atoms with van der Waals surface area (Å²) in [5.74, 6) is -2.89. The third kappa shape index (κ3) is 3.72. The molecule has 0 saturated carbocycles. The first-order valence-corrected chi connectivity index (χ1v) is 5.67. The predicted molar refractivity (Wildman–Crippen MR) is 70.2 cm³/mol. The number of aromatic carboxylic acids is 1. The zero-order chi connectivity index (χ0) is 15.4. The number of benzene rings is 1. The Morgan fingerprint density at radius 2 is 1.86 bits per heavy atom. The van der Waals surface area contributed by atoms with Crippen LogP contribution < -0.4 is 10.6 Å². The third-order valence-corrected chi connectivity index (χ3v) is 2.42. The number of carbonyl (C=O) groups is 2. The zero-order valence-corrected chi connectivity index (χ0v) is 10.4. The maximum absolute atomic E-state index is 13.3. The summed E-state index contributed by atoms with van der Waals surface area (Å²) < 4.78 is 26.1. The van der Waals surface area contributed by atoms with Crippen LogP contribution in [0.25, 0.3) is 0 Å². The SMILES string of the molecule is O=C(Nc1cncc(C(=O)O)c1)Nc1ccc(F)cc1F. The molecule has 6 nitrogen and oxygen atoms in total. The molecule has 1 aromatic carbocycles. The molecule has 108 valence electrons. The van der Waals surface area contributed by atoms with Gasteiger partial charge in [-0.05, 0) is 18.2 Å². The summed E-state index contributed by atoms with van der Waals surface area (Å²) in [7, 11) is 0. The normalized spacial score (nSPS) is 10.0. The van der Waals surface area contributed by atoms with Crippen LogP contribution in [0.1, 0.15) is 10.4 Å². The molecule has 1 aromatic heterocycles. The van der Waals surface area contributed by atoms with Gasteiger partial charge in [0, 0.05) is 12.3 Å². The van der Waals surface area contributed by atoms with Crippen molar-refractivity contribution in [3.8, 4) is 0 Å². The average molecular weight is 293 g/mol. The number of halogens is 2. The van der Waals surface area contributed by atoms with Gasteiger partial charge in [0.25, 0.3) is 0 Å². The number of anilines is 2. The van der Waals surface area contributed by atoms with E-state index in [1.165, 1.54) is 12.3 Å². The second-order valence-electron chi connectivity index (χ2n) is 3.97. The van der Waals surface area contributed by atoms with E-state index in [1.54, 1.807) is 0 Å². The number of hydrogen-bond acceptors (Lipinski definition) is 3. The van der Waals surface area contributed by atoms with Crippen molar-refractivity contribution in [1.29, 1.82) is 0 Å². The molecule has 0 bridgehead atoms. The van der Waals surface area contributed by atoms with Gasteiger partial charge in [0.05, 0.1) is 23.1 Å². The third-order valence-electron chi connectivity index (χ3n) is 2.42. The van der Waals surface area contributed by atoms with Crippen LogP contribution in [0.15, 0.2) is 36.7 Å². The molecule has 0 atom stereocenters. The average Bonchev–Trinajstić information content (AvgIpc) is 2.42. The first-order valence-electron chi connectivity index (χ1n) is 5.67. The number of carboxylic acid groups (broad SMARTS) is 1. The summed E-state index contributed by atoms with van der Waals surface area (Å²) in [5.41, 5.74) is -0.202. The molecule has 0 radical (unpaired) electrons. The summed E-state index contributed by atoms with van der Waals surface area (Å²) in [4.78, 5) is 26.0. The fraction of sp³-hybridized carbons (Fsp3) is 0. The quantitative estimate of drug-likeness (QED) is 0.811. The molecule has 2 aromatic rings. The maximum atomic E-state index is 13.3. The van der Waals surface area contributed by atoms with Crippen LogP contribution >= 0.6 is 0 Å². The molecule has 1 heterocycles. The number of carboxylic acids is 1. The van der Waals surface area contributed by atoms with Gasteiger partial charge < -0.3 is 15.7 Å². The lowest BCUT2D eigenvalue weighted by Gasteiger charge is -2.08. The van der Waals surface area contributed by atoms with Gasteiger partial charge in [0.1, 0.15) is 11.6 Å². The van der Waals surface area contributed by atoms with Gasteiger partial charge in [-0.15, -0.1) is 0 Å². The lowest BCUT2D eigenvalue weighted by Crippen LogP contribution is -2.20. The molecule has 3 N–H and O–H groups in total. The number of nitrogens with one attached hydrogen (secondary N) is 2. The second kappa shape index (κ2) is 5.95. The fourth-order valence-electron chi connectivity index (χ4n) is 1.50. The highest BCUT2D eigenvalue weighted by Gasteiger charge is 2.10. The van der Waals surface area contributed by atoms with Crippen molar-refractivity contribution in [3.63, 3.8) is 0 Å². The van der Waals surface area contributed by atoms with E-state index >= 15 is 0 Å². The van der Waals surface area contributed by atoms with E-state index in [1.807, 2.05) is 0 Å². The number of carbonyl (C=O) groups excluding carboxylic acids is 1. The molecule has 8 heteroatoms. The first-order chi connectivity index (χ1) is 9.95. The van der Waals surface area contributed by atoms with Gasteiger partial charge in [0.15, 0.2) is 0 Å². The number of pyridine rings is 1. The molecule has 2 amide bonds. The van der Waals surface area contributed by atoms with Crippen molar-refractivity contribution >= 4 is 23.4 Å². The number of nitrogens with zero attached hydrogens (tertiary/aromatic N) is 1. The molecular weight excluding hydrogens is 284 g/mol. The minimum atomic E-state index is -1.20. The van der Waals surface area contributed by atoms with E-state index in [2.05, 4.69) is 15.6 Å². The van der Waals surface area contributed by atoms with Crippen molar-refractivity contribution in [2.24, 2.45) is 0 Å². The molecule has 0 saturated heterocycles. The highest BCUT2D eigenvalue weighted by atomic mass is 19.1. The van der Waals surface area contributed by atoms with E-state index in [0.29, 0.717) is 6.07 Å². The molecule has 0 fully saturated rings. The Morgan fingerprint density at radius 3 is 2.52 bits per heavy atom. The van der Waals surface area contributed by atoms with E-state index in [-0.39, 0.29) is 16.9 Å². The van der Waals surface area contributed by atoms with Crippen LogP contribution in [0.4, 0.5) is 25.0 Å². The Balaban J connectivity index is 2.08. The minimum Gasteiger partial charge on any atom is -0.478 e. The van der Waals surface area contributed by atoms with Crippen molar-refractivity contribution in [3.05, 3.63) is 53.9 Å². The van der Waals surface area contributed by atoms with Gasteiger partial charge >= 0.3 is 12.0 Å². The standard InChI is InChI=1S/C13H9F2N3O3/c14-8-1-2-11(10(15)4-8)18-13(21)17-9-3-7(12(19)20)5-16-6-9/h1-6H,(H,19,20)(H2,17,18,21). The van der Waals surface area contributed by atoms with Gasteiger partial charge in [-0.25, -0.2) is 18.4 Å². The molecule has 0 aliphatic carbocycles. The first kappa shape index (κ1) is 14.4. The zero-order valence-electron chi connectivity index (χ0n) is 10.4. The van der Waals surface area contributed by atoms with E-state index in [4.69, 9.17) is 5.11 Å². The van der Waals surface area contributed by atoms with Gasteiger partial charge in [0.2, 0.25) is 0 Å². The van der Waals surface area contributed by atoms with Gasteiger partial charge in [-0.2, -0.15) is 0 Å². The summed E-state index contributed by atoms with van der Waals surface area (Å²) >= 11 is 0. The van der Waals surface area contributed by atoms with Crippen LogP contribution in [0.5, 0.6) is 0 Å². The fourth-order valence-corrected chi connectivity index (χ4v) is 1.50. The monoisotopic (exact) mass is 293 g/mol. The second-order valence-corrected chi connectivity index (χ2v) is 3.97. The Labute approximate surface area is 117 Å². The predicted octanol–water partition coefficient (Wildman–Crippen LogP) is 2.70. The summed E-state index contributed by atoms with van der Waals surface area (Å²) in [5, 5.41) is 13.2. The Morgan fingerprint density at radius 1 is 1.10 bits per heavy atom. The highest BCUT2D eigenvalue weighted by molar-refractivity contribution is 6.00. The van der Waals surface area contributed by atoms with Crippen LogP contribution in [0, 0.1) is 11.6 Å². The van der Waals surface area contributed by atoms with Crippen LogP contribution in [-0.4, -0.2) is 22.1 Å².